The molecule has 0 saturated heterocycles. The number of amides is 2. The van der Waals surface area contributed by atoms with E-state index < -0.39 is 6.04 Å². The zero-order valence-corrected chi connectivity index (χ0v) is 20.8. The van der Waals surface area contributed by atoms with Gasteiger partial charge in [0.15, 0.2) is 0 Å². The summed E-state index contributed by atoms with van der Waals surface area (Å²) in [6, 6.07) is 26.8. The summed E-state index contributed by atoms with van der Waals surface area (Å²) in [6.45, 7) is 5.06. The number of halogens is 1. The zero-order valence-electron chi connectivity index (χ0n) is 19.2. The number of benzene rings is 3. The van der Waals surface area contributed by atoms with Crippen molar-refractivity contribution < 1.29 is 9.59 Å². The maximum Gasteiger partial charge on any atom is 0.243 e. The molecule has 5 heteroatoms. The van der Waals surface area contributed by atoms with E-state index in [0.717, 1.165) is 21.2 Å². The SMILES string of the molecule is CC(C)CNC(=O)C(Cc1ccccc1)N(Cc1ccc(Br)cc1)C(=O)Cc1ccccc1. The summed E-state index contributed by atoms with van der Waals surface area (Å²) < 4.78 is 0.976. The first-order valence-corrected chi connectivity index (χ1v) is 12.1. The van der Waals surface area contributed by atoms with Crippen molar-refractivity contribution in [2.75, 3.05) is 6.54 Å². The fourth-order valence-corrected chi connectivity index (χ4v) is 3.90. The molecule has 1 atom stereocenters. The van der Waals surface area contributed by atoms with Gasteiger partial charge in [-0.25, -0.2) is 0 Å². The second kappa shape index (κ2) is 12.4. The topological polar surface area (TPSA) is 49.4 Å². The number of carbonyl (C=O) groups excluding carboxylic acids is 2. The number of carbonyl (C=O) groups is 2. The first-order valence-electron chi connectivity index (χ1n) is 11.3. The molecule has 3 aromatic rings. The van der Waals surface area contributed by atoms with Gasteiger partial charge in [-0.05, 0) is 34.7 Å². The third kappa shape index (κ3) is 7.86. The highest BCUT2D eigenvalue weighted by molar-refractivity contribution is 9.10. The van der Waals surface area contributed by atoms with Gasteiger partial charge in [-0.2, -0.15) is 0 Å². The van der Waals surface area contributed by atoms with Gasteiger partial charge in [0.2, 0.25) is 11.8 Å². The van der Waals surface area contributed by atoms with Gasteiger partial charge in [0, 0.05) is 24.0 Å². The molecule has 0 spiro atoms. The van der Waals surface area contributed by atoms with Gasteiger partial charge in [0.1, 0.15) is 6.04 Å². The van der Waals surface area contributed by atoms with Gasteiger partial charge >= 0.3 is 0 Å². The molecule has 0 heterocycles. The minimum Gasteiger partial charge on any atom is -0.354 e. The van der Waals surface area contributed by atoms with Crippen molar-refractivity contribution in [3.63, 3.8) is 0 Å². The van der Waals surface area contributed by atoms with Gasteiger partial charge in [-0.15, -0.1) is 0 Å². The average Bonchev–Trinajstić information content (AvgIpc) is 2.82. The molecule has 172 valence electrons. The standard InChI is InChI=1S/C28H31BrN2O2/c1-21(2)19-30-28(33)26(17-22-9-5-3-6-10-22)31(20-24-13-15-25(29)16-14-24)27(32)18-23-11-7-4-8-12-23/h3-16,21,26H,17-20H2,1-2H3,(H,30,33). The van der Waals surface area contributed by atoms with E-state index in [0.29, 0.717) is 25.4 Å². The Morgan fingerprint density at radius 3 is 1.97 bits per heavy atom. The van der Waals surface area contributed by atoms with Crippen molar-refractivity contribution in [1.29, 1.82) is 0 Å². The summed E-state index contributed by atoms with van der Waals surface area (Å²) in [5.74, 6) is 0.141. The van der Waals surface area contributed by atoms with Crippen LogP contribution in [0.4, 0.5) is 0 Å². The molecule has 33 heavy (non-hydrogen) atoms. The molecule has 3 aromatic carbocycles. The summed E-state index contributed by atoms with van der Waals surface area (Å²) in [5, 5.41) is 3.06. The molecule has 3 rings (SSSR count). The molecular formula is C28H31BrN2O2. The quantitative estimate of drug-likeness (QED) is 0.399. The smallest absolute Gasteiger partial charge is 0.243 e. The van der Waals surface area contributed by atoms with Gasteiger partial charge in [0.25, 0.3) is 0 Å². The Bertz CT molecular complexity index is 1020. The van der Waals surface area contributed by atoms with E-state index in [4.69, 9.17) is 0 Å². The Balaban J connectivity index is 1.93. The largest absolute Gasteiger partial charge is 0.354 e. The molecule has 0 aliphatic carbocycles. The van der Waals surface area contributed by atoms with Crippen LogP contribution in [0.15, 0.2) is 89.4 Å². The van der Waals surface area contributed by atoms with E-state index in [1.165, 1.54) is 0 Å². The van der Waals surface area contributed by atoms with E-state index in [2.05, 4.69) is 35.1 Å². The Hall–Kier alpha value is -2.92. The van der Waals surface area contributed by atoms with Crippen molar-refractivity contribution in [3.8, 4) is 0 Å². The lowest BCUT2D eigenvalue weighted by atomic mass is 10.0. The van der Waals surface area contributed by atoms with Gasteiger partial charge in [-0.1, -0.05) is 103 Å². The summed E-state index contributed by atoms with van der Waals surface area (Å²) in [5.41, 5.74) is 2.94. The van der Waals surface area contributed by atoms with Crippen molar-refractivity contribution >= 4 is 27.7 Å². The summed E-state index contributed by atoms with van der Waals surface area (Å²) in [4.78, 5) is 28.7. The third-order valence-electron chi connectivity index (χ3n) is 5.42. The van der Waals surface area contributed by atoms with E-state index in [1.54, 1.807) is 4.90 Å². The van der Waals surface area contributed by atoms with Crippen molar-refractivity contribution in [3.05, 3.63) is 106 Å². The molecule has 0 aliphatic rings. The summed E-state index contributed by atoms with van der Waals surface area (Å²) >= 11 is 3.47. The molecule has 1 unspecified atom stereocenters. The fraction of sp³-hybridized carbons (Fsp3) is 0.286. The molecule has 2 amide bonds. The normalized spacial score (nSPS) is 11.8. The van der Waals surface area contributed by atoms with Gasteiger partial charge in [0.05, 0.1) is 6.42 Å². The molecule has 0 aliphatic heterocycles. The number of hydrogen-bond acceptors (Lipinski definition) is 2. The fourth-order valence-electron chi connectivity index (χ4n) is 3.64. The predicted octanol–water partition coefficient (Wildman–Crippen LogP) is 5.40. The Labute approximate surface area is 205 Å². The van der Waals surface area contributed by atoms with Crippen LogP contribution < -0.4 is 5.32 Å². The second-order valence-electron chi connectivity index (χ2n) is 8.66. The monoisotopic (exact) mass is 506 g/mol. The lowest BCUT2D eigenvalue weighted by molar-refractivity contribution is -0.140. The maximum atomic E-state index is 13.6. The molecule has 4 nitrogen and oxygen atoms in total. The minimum atomic E-state index is -0.606. The van der Waals surface area contributed by atoms with Crippen LogP contribution in [0, 0.1) is 5.92 Å². The van der Waals surface area contributed by atoms with E-state index in [1.807, 2.05) is 84.9 Å². The molecule has 0 radical (unpaired) electrons. The highest BCUT2D eigenvalue weighted by Crippen LogP contribution is 2.18. The van der Waals surface area contributed by atoms with Crippen molar-refractivity contribution in [1.82, 2.24) is 10.2 Å². The van der Waals surface area contributed by atoms with Crippen LogP contribution in [-0.2, 0) is 29.0 Å². The second-order valence-corrected chi connectivity index (χ2v) is 9.57. The maximum absolute atomic E-state index is 13.6. The molecule has 0 fully saturated rings. The highest BCUT2D eigenvalue weighted by atomic mass is 79.9. The third-order valence-corrected chi connectivity index (χ3v) is 5.95. The van der Waals surface area contributed by atoms with Crippen molar-refractivity contribution in [2.45, 2.75) is 39.3 Å². The number of hydrogen-bond donors (Lipinski definition) is 1. The first-order chi connectivity index (χ1) is 15.9. The van der Waals surface area contributed by atoms with Crippen LogP contribution in [0.3, 0.4) is 0 Å². The summed E-state index contributed by atoms with van der Waals surface area (Å²) in [7, 11) is 0. The number of rotatable bonds is 10. The Kier molecular flexibility index (Phi) is 9.25. The minimum absolute atomic E-state index is 0.0650. The molecule has 1 N–H and O–H groups in total. The molecule has 0 aromatic heterocycles. The molecule has 0 saturated carbocycles. The van der Waals surface area contributed by atoms with Crippen LogP contribution in [0.5, 0.6) is 0 Å². The lowest BCUT2D eigenvalue weighted by Crippen LogP contribution is -2.51. The average molecular weight is 507 g/mol. The van der Waals surface area contributed by atoms with Crippen molar-refractivity contribution in [2.24, 2.45) is 5.92 Å². The Morgan fingerprint density at radius 1 is 0.818 bits per heavy atom. The predicted molar refractivity (Wildman–Crippen MR) is 137 cm³/mol. The van der Waals surface area contributed by atoms with Crippen LogP contribution in [0.2, 0.25) is 0 Å². The molecular weight excluding hydrogens is 476 g/mol. The van der Waals surface area contributed by atoms with Gasteiger partial charge < -0.3 is 10.2 Å². The van der Waals surface area contributed by atoms with Crippen LogP contribution in [0.1, 0.15) is 30.5 Å². The van der Waals surface area contributed by atoms with Crippen LogP contribution in [-0.4, -0.2) is 29.3 Å². The van der Waals surface area contributed by atoms with E-state index in [9.17, 15) is 9.59 Å². The summed E-state index contributed by atoms with van der Waals surface area (Å²) in [6.07, 6.45) is 0.710. The number of nitrogens with one attached hydrogen (secondary N) is 1. The van der Waals surface area contributed by atoms with Crippen LogP contribution in [0.25, 0.3) is 0 Å². The Morgan fingerprint density at radius 2 is 1.39 bits per heavy atom. The first kappa shape index (κ1) is 24.7. The van der Waals surface area contributed by atoms with Crippen LogP contribution >= 0.6 is 15.9 Å². The zero-order chi connectivity index (χ0) is 23.6. The lowest BCUT2D eigenvalue weighted by Gasteiger charge is -2.32. The van der Waals surface area contributed by atoms with Gasteiger partial charge in [-0.3, -0.25) is 9.59 Å². The number of nitrogens with zero attached hydrogens (tertiary/aromatic N) is 1. The van der Waals surface area contributed by atoms with E-state index >= 15 is 0 Å². The highest BCUT2D eigenvalue weighted by Gasteiger charge is 2.30. The molecule has 0 bridgehead atoms. The van der Waals surface area contributed by atoms with E-state index in [-0.39, 0.29) is 18.2 Å².